The van der Waals surface area contributed by atoms with Crippen LogP contribution >= 0.6 is 34.3 Å². The SMILES string of the molecule is COc1cccc(OC)c1CNC(=N)Nc1nc(-c2cc(Cl)cs2)cs1. The molecule has 26 heavy (non-hydrogen) atoms. The average Bonchev–Trinajstić information content (AvgIpc) is 3.28. The van der Waals surface area contributed by atoms with E-state index in [-0.39, 0.29) is 5.96 Å². The van der Waals surface area contributed by atoms with Crippen molar-refractivity contribution >= 4 is 45.4 Å². The summed E-state index contributed by atoms with van der Waals surface area (Å²) in [6, 6.07) is 7.45. The van der Waals surface area contributed by atoms with E-state index in [1.165, 1.54) is 22.7 Å². The quantitative estimate of drug-likeness (QED) is 0.407. The second-order valence-corrected chi connectivity index (χ2v) is 7.37. The lowest BCUT2D eigenvalue weighted by Crippen LogP contribution is -2.29. The molecule has 0 saturated carbocycles. The molecule has 0 saturated heterocycles. The Morgan fingerprint density at radius 1 is 1.19 bits per heavy atom. The van der Waals surface area contributed by atoms with E-state index < -0.39 is 0 Å². The zero-order valence-electron chi connectivity index (χ0n) is 14.1. The molecule has 0 bridgehead atoms. The van der Waals surface area contributed by atoms with Gasteiger partial charge in [0.25, 0.3) is 0 Å². The van der Waals surface area contributed by atoms with Gasteiger partial charge in [-0.05, 0) is 18.2 Å². The van der Waals surface area contributed by atoms with Crippen LogP contribution in [0.3, 0.4) is 0 Å². The Hall–Kier alpha value is -2.29. The summed E-state index contributed by atoms with van der Waals surface area (Å²) < 4.78 is 10.7. The lowest BCUT2D eigenvalue weighted by molar-refractivity contribution is 0.384. The molecule has 0 spiro atoms. The smallest absolute Gasteiger partial charge is 0.195 e. The molecule has 9 heteroatoms. The molecule has 0 aliphatic heterocycles. The molecule has 0 amide bonds. The van der Waals surface area contributed by atoms with Crippen LogP contribution in [0.5, 0.6) is 11.5 Å². The lowest BCUT2D eigenvalue weighted by Gasteiger charge is -2.14. The molecule has 6 nitrogen and oxygen atoms in total. The van der Waals surface area contributed by atoms with E-state index in [1.807, 2.05) is 35.0 Å². The van der Waals surface area contributed by atoms with Gasteiger partial charge in [0.05, 0.1) is 41.9 Å². The number of aromatic nitrogens is 1. The molecule has 2 heterocycles. The number of nitrogens with zero attached hydrogens (tertiary/aromatic N) is 1. The molecule has 136 valence electrons. The van der Waals surface area contributed by atoms with E-state index in [1.54, 1.807) is 14.2 Å². The first-order chi connectivity index (χ1) is 12.6. The van der Waals surface area contributed by atoms with Crippen molar-refractivity contribution in [3.63, 3.8) is 0 Å². The number of anilines is 1. The van der Waals surface area contributed by atoms with Gasteiger partial charge in [0.1, 0.15) is 11.5 Å². The normalized spacial score (nSPS) is 10.4. The van der Waals surface area contributed by atoms with Crippen LogP contribution in [0.4, 0.5) is 5.13 Å². The van der Waals surface area contributed by atoms with Crippen molar-refractivity contribution in [1.29, 1.82) is 5.41 Å². The minimum Gasteiger partial charge on any atom is -0.496 e. The average molecular weight is 409 g/mol. The van der Waals surface area contributed by atoms with Crippen molar-refractivity contribution in [2.75, 3.05) is 19.5 Å². The van der Waals surface area contributed by atoms with E-state index in [4.69, 9.17) is 26.5 Å². The standard InChI is InChI=1S/C17H17ClN4O2S2/c1-23-13-4-3-5-14(24-2)11(13)7-20-16(19)22-17-21-12(9-26-17)15-6-10(18)8-25-15/h3-6,8-9H,7H2,1-2H3,(H3,19,20,21,22). The van der Waals surface area contributed by atoms with Gasteiger partial charge in [-0.1, -0.05) is 17.7 Å². The third kappa shape index (κ3) is 4.27. The van der Waals surface area contributed by atoms with Gasteiger partial charge in [0, 0.05) is 10.8 Å². The molecular weight excluding hydrogens is 392 g/mol. The van der Waals surface area contributed by atoms with Crippen LogP contribution in [0.2, 0.25) is 5.02 Å². The highest BCUT2D eigenvalue weighted by atomic mass is 35.5. The zero-order chi connectivity index (χ0) is 18.5. The molecule has 0 unspecified atom stereocenters. The second kappa shape index (κ2) is 8.39. The number of hydrogen-bond acceptors (Lipinski definition) is 6. The van der Waals surface area contributed by atoms with Crippen molar-refractivity contribution in [1.82, 2.24) is 10.3 Å². The van der Waals surface area contributed by atoms with E-state index in [0.717, 1.165) is 16.1 Å². The number of ether oxygens (including phenoxy) is 2. The lowest BCUT2D eigenvalue weighted by atomic mass is 10.1. The number of thiazole rings is 1. The van der Waals surface area contributed by atoms with Gasteiger partial charge in [0.15, 0.2) is 11.1 Å². The maximum Gasteiger partial charge on any atom is 0.195 e. The monoisotopic (exact) mass is 408 g/mol. The first-order valence-electron chi connectivity index (χ1n) is 7.60. The summed E-state index contributed by atoms with van der Waals surface area (Å²) in [6.45, 7) is 0.387. The molecule has 0 atom stereocenters. The second-order valence-electron chi connectivity index (χ2n) is 5.16. The van der Waals surface area contributed by atoms with Gasteiger partial charge in [-0.3, -0.25) is 5.41 Å². The van der Waals surface area contributed by atoms with Crippen molar-refractivity contribution in [2.45, 2.75) is 6.54 Å². The van der Waals surface area contributed by atoms with Gasteiger partial charge in [-0.15, -0.1) is 22.7 Å². The van der Waals surface area contributed by atoms with Crippen molar-refractivity contribution in [3.8, 4) is 22.1 Å². The topological polar surface area (TPSA) is 79.3 Å². The maximum atomic E-state index is 8.09. The number of benzene rings is 1. The zero-order valence-corrected chi connectivity index (χ0v) is 16.5. The summed E-state index contributed by atoms with van der Waals surface area (Å²) >= 11 is 8.92. The summed E-state index contributed by atoms with van der Waals surface area (Å²) in [5, 5.41) is 19.2. The van der Waals surface area contributed by atoms with Gasteiger partial charge < -0.3 is 20.1 Å². The molecule has 3 N–H and O–H groups in total. The van der Waals surface area contributed by atoms with E-state index in [2.05, 4.69) is 15.6 Å². The molecule has 1 aromatic carbocycles. The van der Waals surface area contributed by atoms with Crippen molar-refractivity contribution < 1.29 is 9.47 Å². The van der Waals surface area contributed by atoms with Crippen molar-refractivity contribution in [2.24, 2.45) is 0 Å². The van der Waals surface area contributed by atoms with Crippen LogP contribution in [0.15, 0.2) is 35.0 Å². The highest BCUT2D eigenvalue weighted by Crippen LogP contribution is 2.32. The molecule has 2 aromatic heterocycles. The molecular formula is C17H17ClN4O2S2. The fourth-order valence-electron chi connectivity index (χ4n) is 2.32. The predicted octanol–water partition coefficient (Wildman–Crippen LogP) is 4.68. The number of nitrogens with one attached hydrogen (secondary N) is 3. The maximum absolute atomic E-state index is 8.09. The molecule has 0 fully saturated rings. The number of rotatable bonds is 6. The summed E-state index contributed by atoms with van der Waals surface area (Å²) in [5.74, 6) is 1.55. The van der Waals surface area contributed by atoms with Crippen LogP contribution in [-0.4, -0.2) is 25.2 Å². The number of halogens is 1. The fourth-order valence-corrected chi connectivity index (χ4v) is 4.15. The molecule has 0 aliphatic rings. The van der Waals surface area contributed by atoms with Gasteiger partial charge in [0.2, 0.25) is 0 Å². The van der Waals surface area contributed by atoms with Crippen molar-refractivity contribution in [3.05, 3.63) is 45.6 Å². The summed E-state index contributed by atoms with van der Waals surface area (Å²) in [5.41, 5.74) is 1.69. The Morgan fingerprint density at radius 3 is 2.54 bits per heavy atom. The minimum atomic E-state index is 0.142. The largest absolute Gasteiger partial charge is 0.496 e. The number of hydrogen-bond donors (Lipinski definition) is 3. The summed E-state index contributed by atoms with van der Waals surface area (Å²) in [6.07, 6.45) is 0. The van der Waals surface area contributed by atoms with Gasteiger partial charge in [-0.2, -0.15) is 0 Å². The highest BCUT2D eigenvalue weighted by Gasteiger charge is 2.11. The van der Waals surface area contributed by atoms with Crippen LogP contribution < -0.4 is 20.1 Å². The number of thiophene rings is 1. The van der Waals surface area contributed by atoms with E-state index in [0.29, 0.717) is 28.2 Å². The summed E-state index contributed by atoms with van der Waals surface area (Å²) in [7, 11) is 3.21. The first kappa shape index (κ1) is 18.5. The number of guanidine groups is 1. The fraction of sp³-hybridized carbons (Fsp3) is 0.176. The molecule has 0 radical (unpaired) electrons. The van der Waals surface area contributed by atoms with Crippen LogP contribution in [0, 0.1) is 5.41 Å². The third-order valence-electron chi connectivity index (χ3n) is 3.53. The molecule has 0 aliphatic carbocycles. The van der Waals surface area contributed by atoms with E-state index >= 15 is 0 Å². The summed E-state index contributed by atoms with van der Waals surface area (Å²) in [4.78, 5) is 5.48. The Bertz CT molecular complexity index is 888. The van der Waals surface area contributed by atoms with Gasteiger partial charge >= 0.3 is 0 Å². The van der Waals surface area contributed by atoms with E-state index in [9.17, 15) is 0 Å². The molecule has 3 rings (SSSR count). The predicted molar refractivity (Wildman–Crippen MR) is 108 cm³/mol. The Kier molecular flexibility index (Phi) is 5.97. The highest BCUT2D eigenvalue weighted by molar-refractivity contribution is 7.16. The van der Waals surface area contributed by atoms with Crippen LogP contribution in [0.1, 0.15) is 5.56 Å². The first-order valence-corrected chi connectivity index (χ1v) is 9.73. The Balaban J connectivity index is 1.63. The Morgan fingerprint density at radius 2 is 1.92 bits per heavy atom. The molecule has 3 aromatic rings. The number of methoxy groups -OCH3 is 2. The third-order valence-corrected chi connectivity index (χ3v) is 5.59. The van der Waals surface area contributed by atoms with Crippen LogP contribution in [0.25, 0.3) is 10.6 Å². The Labute approximate surface area is 164 Å². The van der Waals surface area contributed by atoms with Crippen LogP contribution in [-0.2, 0) is 6.54 Å². The minimum absolute atomic E-state index is 0.142. The van der Waals surface area contributed by atoms with Gasteiger partial charge in [-0.25, -0.2) is 4.98 Å².